The molecular weight excluding hydrogens is 100 g/mol. The quantitative estimate of drug-likeness (QED) is 0.451. The summed E-state index contributed by atoms with van der Waals surface area (Å²) < 4.78 is 0. The molecule has 0 aliphatic carbocycles. The molecule has 1 heterocycles. The van der Waals surface area contributed by atoms with Crippen LogP contribution in [0.2, 0.25) is 0 Å². The molecule has 1 rings (SSSR count). The number of hydrogen-bond donors (Lipinski definition) is 0. The third-order valence-corrected chi connectivity index (χ3v) is 0.853. The van der Waals surface area contributed by atoms with E-state index in [-0.39, 0.29) is 0 Å². The predicted molar refractivity (Wildman–Crippen MR) is 34.5 cm³/mol. The molecule has 0 N–H and O–H groups in total. The van der Waals surface area contributed by atoms with E-state index in [9.17, 15) is 0 Å². The van der Waals surface area contributed by atoms with Gasteiger partial charge in [-0.2, -0.15) is 0 Å². The van der Waals surface area contributed by atoms with Crippen molar-refractivity contribution in [3.63, 3.8) is 0 Å². The Labute approximate surface area is 48.8 Å². The van der Waals surface area contributed by atoms with Crippen LogP contribution in [0.4, 0.5) is 0 Å². The average Bonchev–Trinajstić information content (AvgIpc) is 1.94. The van der Waals surface area contributed by atoms with E-state index in [2.05, 4.69) is 4.99 Å². The summed E-state index contributed by atoms with van der Waals surface area (Å²) in [6, 6.07) is 0. The van der Waals surface area contributed by atoms with E-state index < -0.39 is 0 Å². The van der Waals surface area contributed by atoms with E-state index in [4.69, 9.17) is 0 Å². The Kier molecular flexibility index (Phi) is 1.47. The van der Waals surface area contributed by atoms with Crippen molar-refractivity contribution in [1.82, 2.24) is 4.90 Å². The van der Waals surface area contributed by atoms with Crippen LogP contribution in [0.1, 0.15) is 0 Å². The summed E-state index contributed by atoms with van der Waals surface area (Å²) in [6.07, 6.45) is 9.26. The molecule has 0 aromatic heterocycles. The zero-order valence-electron chi connectivity index (χ0n) is 4.78. The highest BCUT2D eigenvalue weighted by Crippen LogP contribution is 1.87. The first kappa shape index (κ1) is 5.09. The third kappa shape index (κ3) is 1.22. The molecule has 0 atom stereocenters. The Morgan fingerprint density at radius 2 is 2.25 bits per heavy atom. The van der Waals surface area contributed by atoms with Crippen LogP contribution in [0.3, 0.4) is 0 Å². The Morgan fingerprint density at radius 3 is 3.12 bits per heavy atom. The normalized spacial score (nSPS) is 16.9. The first-order valence-electron chi connectivity index (χ1n) is 2.48. The van der Waals surface area contributed by atoms with Crippen molar-refractivity contribution in [3.8, 4) is 0 Å². The molecule has 0 bridgehead atoms. The second-order valence-electron chi connectivity index (χ2n) is 1.61. The van der Waals surface area contributed by atoms with Gasteiger partial charge in [0.15, 0.2) is 0 Å². The minimum atomic E-state index is 1.75. The topological polar surface area (TPSA) is 15.6 Å². The standard InChI is InChI=1S/C6H8N2/c1-8-5-3-2-4-7-6-8/h2-6H,1H3. The van der Waals surface area contributed by atoms with Crippen LogP contribution in [0, 0.1) is 0 Å². The Balaban J connectivity index is 2.66. The van der Waals surface area contributed by atoms with Gasteiger partial charge in [-0.05, 0) is 12.2 Å². The molecule has 42 valence electrons. The number of aliphatic imine (C=N–C) groups is 1. The number of hydrogen-bond acceptors (Lipinski definition) is 2. The first-order chi connectivity index (χ1) is 3.89. The van der Waals surface area contributed by atoms with Crippen LogP contribution in [0.25, 0.3) is 0 Å². The molecule has 0 unspecified atom stereocenters. The monoisotopic (exact) mass is 108 g/mol. The van der Waals surface area contributed by atoms with Gasteiger partial charge >= 0.3 is 0 Å². The van der Waals surface area contributed by atoms with E-state index in [0.717, 1.165) is 0 Å². The summed E-state index contributed by atoms with van der Waals surface area (Å²) in [6.45, 7) is 0. The fourth-order valence-corrected chi connectivity index (χ4v) is 0.467. The van der Waals surface area contributed by atoms with Crippen molar-refractivity contribution in [2.24, 2.45) is 4.99 Å². The van der Waals surface area contributed by atoms with Crippen LogP contribution >= 0.6 is 0 Å². The second kappa shape index (κ2) is 2.31. The zero-order valence-corrected chi connectivity index (χ0v) is 4.78. The van der Waals surface area contributed by atoms with Gasteiger partial charge in [-0.15, -0.1) is 0 Å². The maximum atomic E-state index is 3.91. The summed E-state index contributed by atoms with van der Waals surface area (Å²) in [5.41, 5.74) is 0. The zero-order chi connectivity index (χ0) is 5.82. The molecule has 1 aliphatic rings. The summed E-state index contributed by atoms with van der Waals surface area (Å²) in [5.74, 6) is 0. The molecule has 0 spiro atoms. The Bertz CT molecular complexity index is 129. The maximum absolute atomic E-state index is 3.91. The Hall–Kier alpha value is -1.05. The van der Waals surface area contributed by atoms with Crippen LogP contribution in [0.15, 0.2) is 29.5 Å². The molecule has 0 aromatic carbocycles. The van der Waals surface area contributed by atoms with Crippen molar-refractivity contribution < 1.29 is 0 Å². The van der Waals surface area contributed by atoms with Crippen molar-refractivity contribution in [2.75, 3.05) is 7.05 Å². The highest BCUT2D eigenvalue weighted by molar-refractivity contribution is 5.57. The minimum Gasteiger partial charge on any atom is -0.342 e. The fourth-order valence-electron chi connectivity index (χ4n) is 0.467. The Morgan fingerprint density at radius 1 is 1.38 bits per heavy atom. The molecule has 0 saturated carbocycles. The molecule has 0 saturated heterocycles. The van der Waals surface area contributed by atoms with Gasteiger partial charge in [0.25, 0.3) is 0 Å². The van der Waals surface area contributed by atoms with Gasteiger partial charge in [0.1, 0.15) is 0 Å². The van der Waals surface area contributed by atoms with Gasteiger partial charge in [-0.25, -0.2) is 4.99 Å². The van der Waals surface area contributed by atoms with Gasteiger partial charge < -0.3 is 4.90 Å². The highest BCUT2D eigenvalue weighted by atomic mass is 15.1. The number of allylic oxidation sites excluding steroid dienone is 2. The molecule has 2 nitrogen and oxygen atoms in total. The smallest absolute Gasteiger partial charge is 0.0942 e. The van der Waals surface area contributed by atoms with Gasteiger partial charge in [-0.1, -0.05) is 0 Å². The van der Waals surface area contributed by atoms with E-state index in [0.29, 0.717) is 0 Å². The number of nitrogens with zero attached hydrogens (tertiary/aromatic N) is 2. The third-order valence-electron chi connectivity index (χ3n) is 0.853. The van der Waals surface area contributed by atoms with Crippen LogP contribution in [-0.4, -0.2) is 18.3 Å². The van der Waals surface area contributed by atoms with Gasteiger partial charge in [-0.3, -0.25) is 0 Å². The highest BCUT2D eigenvalue weighted by Gasteiger charge is 1.80. The molecular formula is C6H8N2. The van der Waals surface area contributed by atoms with Crippen molar-refractivity contribution >= 4 is 6.34 Å². The first-order valence-corrected chi connectivity index (χ1v) is 2.48. The summed E-state index contributed by atoms with van der Waals surface area (Å²) >= 11 is 0. The van der Waals surface area contributed by atoms with Gasteiger partial charge in [0, 0.05) is 19.4 Å². The van der Waals surface area contributed by atoms with Crippen LogP contribution < -0.4 is 0 Å². The lowest BCUT2D eigenvalue weighted by Gasteiger charge is -2.00. The average molecular weight is 108 g/mol. The molecule has 1 aliphatic heterocycles. The van der Waals surface area contributed by atoms with Crippen molar-refractivity contribution in [2.45, 2.75) is 0 Å². The molecule has 2 heteroatoms. The van der Waals surface area contributed by atoms with E-state index in [1.54, 1.807) is 12.5 Å². The lowest BCUT2D eigenvalue weighted by molar-refractivity contribution is 0.712. The summed E-state index contributed by atoms with van der Waals surface area (Å²) in [7, 11) is 1.94. The van der Waals surface area contributed by atoms with E-state index >= 15 is 0 Å². The minimum absolute atomic E-state index is 1.75. The van der Waals surface area contributed by atoms with Crippen molar-refractivity contribution in [3.05, 3.63) is 24.6 Å². The molecule has 0 radical (unpaired) electrons. The molecule has 8 heavy (non-hydrogen) atoms. The SMILES string of the molecule is CN1C=CC=CN=C1. The molecule has 0 aromatic rings. The van der Waals surface area contributed by atoms with Crippen LogP contribution in [-0.2, 0) is 0 Å². The molecule has 0 fully saturated rings. The lowest BCUT2D eigenvalue weighted by Crippen LogP contribution is -2.04. The summed E-state index contributed by atoms with van der Waals surface area (Å²) in [4.78, 5) is 5.80. The van der Waals surface area contributed by atoms with E-state index in [1.165, 1.54) is 0 Å². The van der Waals surface area contributed by atoms with Crippen molar-refractivity contribution in [1.29, 1.82) is 0 Å². The van der Waals surface area contributed by atoms with Gasteiger partial charge in [0.05, 0.1) is 6.34 Å². The molecule has 0 amide bonds. The van der Waals surface area contributed by atoms with Crippen LogP contribution in [0.5, 0.6) is 0 Å². The largest absolute Gasteiger partial charge is 0.342 e. The predicted octanol–water partition coefficient (Wildman–Crippen LogP) is 0.988. The fraction of sp³-hybridized carbons (Fsp3) is 0.167. The van der Waals surface area contributed by atoms with Gasteiger partial charge in [0.2, 0.25) is 0 Å². The number of rotatable bonds is 0. The lowest BCUT2D eigenvalue weighted by atomic mass is 10.6. The van der Waals surface area contributed by atoms with E-state index in [1.807, 2.05) is 30.3 Å². The maximum Gasteiger partial charge on any atom is 0.0942 e. The summed E-state index contributed by atoms with van der Waals surface area (Å²) in [5, 5.41) is 0. The second-order valence-corrected chi connectivity index (χ2v) is 1.61.